The first-order valence-corrected chi connectivity index (χ1v) is 3.97. The molecule has 3 heteroatoms. The molecule has 1 amide bonds. The average molecular weight is 157 g/mol. The summed E-state index contributed by atoms with van der Waals surface area (Å²) in [6, 6.07) is 0.308. The second-order valence-electron chi connectivity index (χ2n) is 3.20. The van der Waals surface area contributed by atoms with E-state index in [1.54, 1.807) is 7.11 Å². The first-order chi connectivity index (χ1) is 5.15. The molecule has 11 heavy (non-hydrogen) atoms. The minimum Gasteiger partial charge on any atom is -0.379 e. The van der Waals surface area contributed by atoms with Crippen LogP contribution in [-0.2, 0) is 9.53 Å². The van der Waals surface area contributed by atoms with Gasteiger partial charge in [0.15, 0.2) is 0 Å². The molecule has 0 bridgehead atoms. The van der Waals surface area contributed by atoms with Crippen LogP contribution >= 0.6 is 0 Å². The summed E-state index contributed by atoms with van der Waals surface area (Å²) in [6.07, 6.45) is 0.666. The van der Waals surface area contributed by atoms with Gasteiger partial charge in [0.05, 0.1) is 12.5 Å². The van der Waals surface area contributed by atoms with Crippen LogP contribution in [0.3, 0.4) is 0 Å². The maximum absolute atomic E-state index is 11.2. The molecule has 0 saturated carbocycles. The van der Waals surface area contributed by atoms with Crippen LogP contribution in [0.5, 0.6) is 0 Å². The zero-order valence-electron chi connectivity index (χ0n) is 7.33. The number of hydrogen-bond acceptors (Lipinski definition) is 2. The summed E-state index contributed by atoms with van der Waals surface area (Å²) in [7, 11) is 1.65. The van der Waals surface area contributed by atoms with Gasteiger partial charge in [0.25, 0.3) is 0 Å². The number of carbonyl (C=O) groups is 1. The molecule has 0 aliphatic carbocycles. The monoisotopic (exact) mass is 157 g/mol. The van der Waals surface area contributed by atoms with Gasteiger partial charge in [0.1, 0.15) is 0 Å². The predicted octanol–water partition coefficient (Wildman–Crippen LogP) is 0.642. The summed E-state index contributed by atoms with van der Waals surface area (Å²) < 4.78 is 5.10. The van der Waals surface area contributed by atoms with Gasteiger partial charge in [-0.1, -0.05) is 0 Å². The third-order valence-corrected chi connectivity index (χ3v) is 2.08. The summed E-state index contributed by atoms with van der Waals surface area (Å²) in [5, 5.41) is 0. The highest BCUT2D eigenvalue weighted by atomic mass is 16.5. The Labute approximate surface area is 67.3 Å². The molecule has 64 valence electrons. The lowest BCUT2D eigenvalue weighted by Gasteiger charge is -2.20. The Morgan fingerprint density at radius 3 is 2.55 bits per heavy atom. The molecule has 1 fully saturated rings. The van der Waals surface area contributed by atoms with Crippen molar-refractivity contribution in [2.24, 2.45) is 0 Å². The molecule has 3 nitrogen and oxygen atoms in total. The number of likely N-dealkylation sites (tertiary alicyclic amines) is 1. The number of methoxy groups -OCH3 is 1. The van der Waals surface area contributed by atoms with E-state index in [-0.39, 0.29) is 12.0 Å². The zero-order valence-corrected chi connectivity index (χ0v) is 7.33. The van der Waals surface area contributed by atoms with E-state index in [4.69, 9.17) is 4.74 Å². The Morgan fingerprint density at radius 2 is 2.27 bits per heavy atom. The van der Waals surface area contributed by atoms with Gasteiger partial charge in [-0.3, -0.25) is 4.79 Å². The van der Waals surface area contributed by atoms with Crippen molar-refractivity contribution in [1.82, 2.24) is 4.90 Å². The van der Waals surface area contributed by atoms with Crippen molar-refractivity contribution < 1.29 is 9.53 Å². The summed E-state index contributed by atoms with van der Waals surface area (Å²) in [5.41, 5.74) is 0. The van der Waals surface area contributed by atoms with Crippen molar-refractivity contribution in [2.75, 3.05) is 13.7 Å². The van der Waals surface area contributed by atoms with Crippen LogP contribution < -0.4 is 0 Å². The SMILES string of the molecule is CO[C@H]1CC(=O)N(C(C)C)C1. The molecule has 0 spiro atoms. The molecule has 1 atom stereocenters. The van der Waals surface area contributed by atoms with Crippen LogP contribution in [-0.4, -0.2) is 36.6 Å². The minimum absolute atomic E-state index is 0.116. The zero-order chi connectivity index (χ0) is 8.43. The van der Waals surface area contributed by atoms with Gasteiger partial charge >= 0.3 is 0 Å². The van der Waals surface area contributed by atoms with Crippen LogP contribution in [0.15, 0.2) is 0 Å². The predicted molar refractivity (Wildman–Crippen MR) is 42.3 cm³/mol. The number of rotatable bonds is 2. The Morgan fingerprint density at radius 1 is 1.64 bits per heavy atom. The van der Waals surface area contributed by atoms with Crippen molar-refractivity contribution in [2.45, 2.75) is 32.4 Å². The van der Waals surface area contributed by atoms with Gasteiger partial charge in [0.2, 0.25) is 5.91 Å². The molecule has 1 heterocycles. The van der Waals surface area contributed by atoms with Gasteiger partial charge in [-0.05, 0) is 13.8 Å². The Hall–Kier alpha value is -0.570. The van der Waals surface area contributed by atoms with Crippen LogP contribution in [0.1, 0.15) is 20.3 Å². The maximum atomic E-state index is 11.2. The average Bonchev–Trinajstić information content (AvgIpc) is 2.30. The Bertz CT molecular complexity index is 156. The highest BCUT2D eigenvalue weighted by Gasteiger charge is 2.30. The minimum atomic E-state index is 0.116. The van der Waals surface area contributed by atoms with E-state index in [1.807, 2.05) is 18.7 Å². The number of nitrogens with zero attached hydrogens (tertiary/aromatic N) is 1. The number of carbonyl (C=O) groups excluding carboxylic acids is 1. The summed E-state index contributed by atoms with van der Waals surface area (Å²) in [5.74, 6) is 0.215. The molecule has 0 unspecified atom stereocenters. The first kappa shape index (κ1) is 8.53. The standard InChI is InChI=1S/C8H15NO2/c1-6(2)9-5-7(11-3)4-8(9)10/h6-7H,4-5H2,1-3H3/t7-/m0/s1. The second-order valence-corrected chi connectivity index (χ2v) is 3.20. The summed E-state index contributed by atoms with van der Waals surface area (Å²) in [4.78, 5) is 13.1. The molecule has 0 aromatic heterocycles. The van der Waals surface area contributed by atoms with Crippen molar-refractivity contribution in [3.63, 3.8) is 0 Å². The van der Waals surface area contributed by atoms with Crippen LogP contribution in [0, 0.1) is 0 Å². The van der Waals surface area contributed by atoms with E-state index < -0.39 is 0 Å². The molecular weight excluding hydrogens is 142 g/mol. The van der Waals surface area contributed by atoms with E-state index in [9.17, 15) is 4.79 Å². The smallest absolute Gasteiger partial charge is 0.225 e. The molecule has 0 aromatic rings. The normalized spacial score (nSPS) is 25.3. The van der Waals surface area contributed by atoms with Crippen molar-refractivity contribution in [1.29, 1.82) is 0 Å². The number of hydrogen-bond donors (Lipinski definition) is 0. The fourth-order valence-electron chi connectivity index (χ4n) is 1.35. The lowest BCUT2D eigenvalue weighted by molar-refractivity contribution is -0.129. The fourth-order valence-corrected chi connectivity index (χ4v) is 1.35. The lowest BCUT2D eigenvalue weighted by Crippen LogP contribution is -2.32. The highest BCUT2D eigenvalue weighted by Crippen LogP contribution is 2.15. The molecular formula is C8H15NO2. The van der Waals surface area contributed by atoms with Gasteiger partial charge in [0, 0.05) is 19.7 Å². The van der Waals surface area contributed by atoms with Crippen molar-refractivity contribution in [3.8, 4) is 0 Å². The summed E-state index contributed by atoms with van der Waals surface area (Å²) in [6.45, 7) is 4.80. The summed E-state index contributed by atoms with van der Waals surface area (Å²) >= 11 is 0. The molecule has 1 saturated heterocycles. The molecule has 0 N–H and O–H groups in total. The van der Waals surface area contributed by atoms with E-state index in [1.165, 1.54) is 0 Å². The van der Waals surface area contributed by atoms with Crippen LogP contribution in [0.25, 0.3) is 0 Å². The van der Waals surface area contributed by atoms with E-state index in [0.717, 1.165) is 6.54 Å². The van der Waals surface area contributed by atoms with Gasteiger partial charge in [-0.25, -0.2) is 0 Å². The van der Waals surface area contributed by atoms with E-state index in [0.29, 0.717) is 12.5 Å². The van der Waals surface area contributed by atoms with Crippen molar-refractivity contribution >= 4 is 5.91 Å². The van der Waals surface area contributed by atoms with Gasteiger partial charge in [-0.15, -0.1) is 0 Å². The van der Waals surface area contributed by atoms with E-state index in [2.05, 4.69) is 0 Å². The van der Waals surface area contributed by atoms with Gasteiger partial charge < -0.3 is 9.64 Å². The molecule has 0 radical (unpaired) electrons. The molecule has 1 aliphatic rings. The molecule has 1 aliphatic heterocycles. The quantitative estimate of drug-likeness (QED) is 0.588. The van der Waals surface area contributed by atoms with Gasteiger partial charge in [-0.2, -0.15) is 0 Å². The lowest BCUT2D eigenvalue weighted by atomic mass is 10.3. The largest absolute Gasteiger partial charge is 0.379 e. The van der Waals surface area contributed by atoms with E-state index >= 15 is 0 Å². The highest BCUT2D eigenvalue weighted by molar-refractivity contribution is 5.79. The number of amides is 1. The number of ether oxygens (including phenoxy) is 1. The van der Waals surface area contributed by atoms with Crippen LogP contribution in [0.4, 0.5) is 0 Å². The Balaban J connectivity index is 2.52. The molecule has 1 rings (SSSR count). The fraction of sp³-hybridized carbons (Fsp3) is 0.875. The third kappa shape index (κ3) is 1.71. The van der Waals surface area contributed by atoms with Crippen molar-refractivity contribution in [3.05, 3.63) is 0 Å². The Kier molecular flexibility index (Phi) is 2.49. The maximum Gasteiger partial charge on any atom is 0.225 e. The molecule has 0 aromatic carbocycles. The van der Waals surface area contributed by atoms with Crippen LogP contribution in [0.2, 0.25) is 0 Å². The second kappa shape index (κ2) is 3.22. The third-order valence-electron chi connectivity index (χ3n) is 2.08. The topological polar surface area (TPSA) is 29.5 Å². The first-order valence-electron chi connectivity index (χ1n) is 3.97.